The van der Waals surface area contributed by atoms with E-state index in [9.17, 15) is 8.78 Å². The maximum Gasteiger partial charge on any atom is 0.126 e. The van der Waals surface area contributed by atoms with Gasteiger partial charge in [0.2, 0.25) is 0 Å². The van der Waals surface area contributed by atoms with Gasteiger partial charge in [0.1, 0.15) is 11.6 Å². The molecule has 0 heterocycles. The van der Waals surface area contributed by atoms with Crippen molar-refractivity contribution < 1.29 is 8.78 Å². The van der Waals surface area contributed by atoms with Crippen molar-refractivity contribution in [1.29, 1.82) is 0 Å². The molecule has 278 valence electrons. The Balaban J connectivity index is 0.000000300. The van der Waals surface area contributed by atoms with Crippen LogP contribution in [-0.4, -0.2) is 0 Å². The van der Waals surface area contributed by atoms with Gasteiger partial charge < -0.3 is 0 Å². The van der Waals surface area contributed by atoms with E-state index < -0.39 is 0 Å². The lowest BCUT2D eigenvalue weighted by Crippen LogP contribution is -2.08. The van der Waals surface area contributed by atoms with Crippen molar-refractivity contribution in [2.24, 2.45) is 23.7 Å². The number of halogens is 2. The van der Waals surface area contributed by atoms with Crippen LogP contribution < -0.4 is 0 Å². The standard InChI is InChI=1S/2C8H9F.C8H16.2C8H14.C8H10/c2*1-6-3-4-7(2)8(9)5-6;4*1-7-3-5-8(2)6-4-7/h2*3-5H,1-2H3;7-8H,3-6H2,1-2H3;2*3,8H,4-6H2,1-2H3;3-6H,1-2H3. The van der Waals surface area contributed by atoms with Gasteiger partial charge in [-0.3, -0.25) is 0 Å². The SMILES string of the molecule is CC1=CCC(C)CC1.CC1=CCC(C)CC1.CC1CCC(C)CC1.Cc1ccc(C)c(F)c1.Cc1ccc(C)c(F)c1.Cc1ccc(C)cc1. The number of allylic oxidation sites excluding steroid dienone is 4. The summed E-state index contributed by atoms with van der Waals surface area (Å²) in [4.78, 5) is 0. The van der Waals surface area contributed by atoms with Crippen LogP contribution in [-0.2, 0) is 0 Å². The summed E-state index contributed by atoms with van der Waals surface area (Å²) in [6.45, 7) is 25.3. The maximum atomic E-state index is 12.6. The van der Waals surface area contributed by atoms with Gasteiger partial charge in [-0.15, -0.1) is 0 Å². The van der Waals surface area contributed by atoms with E-state index in [1.54, 1.807) is 37.1 Å². The Morgan fingerprint density at radius 2 is 0.700 bits per heavy atom. The van der Waals surface area contributed by atoms with E-state index in [0.717, 1.165) is 34.8 Å². The summed E-state index contributed by atoms with van der Waals surface area (Å²) in [5.41, 5.74) is 9.19. The van der Waals surface area contributed by atoms with Crippen LogP contribution in [0.2, 0.25) is 0 Å². The molecule has 3 aliphatic carbocycles. The largest absolute Gasteiger partial charge is 0.207 e. The molecule has 3 aromatic carbocycles. The minimum Gasteiger partial charge on any atom is -0.207 e. The van der Waals surface area contributed by atoms with Crippen LogP contribution in [0.1, 0.15) is 139 Å². The van der Waals surface area contributed by atoms with E-state index in [0.29, 0.717) is 11.1 Å². The average molecular weight is 687 g/mol. The first-order valence-corrected chi connectivity index (χ1v) is 19.4. The number of hydrogen-bond acceptors (Lipinski definition) is 0. The normalized spacial score (nSPS) is 20.8. The fourth-order valence-corrected chi connectivity index (χ4v) is 5.65. The molecule has 3 aliphatic rings. The molecule has 0 spiro atoms. The molecule has 0 aliphatic heterocycles. The van der Waals surface area contributed by atoms with Gasteiger partial charge >= 0.3 is 0 Å². The molecule has 3 aromatic rings. The highest BCUT2D eigenvalue weighted by atomic mass is 19.1. The van der Waals surface area contributed by atoms with Crippen LogP contribution in [0.4, 0.5) is 8.78 Å². The molecule has 0 N–H and O–H groups in total. The zero-order chi connectivity index (χ0) is 37.6. The predicted octanol–water partition coefficient (Wildman–Crippen LogP) is 15.5. The van der Waals surface area contributed by atoms with Crippen molar-refractivity contribution in [3.63, 3.8) is 0 Å². The Morgan fingerprint density at radius 1 is 0.400 bits per heavy atom. The topological polar surface area (TPSA) is 0 Å². The van der Waals surface area contributed by atoms with Crippen molar-refractivity contribution in [1.82, 2.24) is 0 Å². The zero-order valence-corrected chi connectivity index (χ0v) is 34.1. The highest BCUT2D eigenvalue weighted by Gasteiger charge is 2.13. The summed E-state index contributed by atoms with van der Waals surface area (Å²) in [7, 11) is 0. The molecule has 2 unspecified atom stereocenters. The highest BCUT2D eigenvalue weighted by Crippen LogP contribution is 2.27. The fraction of sp³-hybridized carbons (Fsp3) is 0.542. The Hall–Kier alpha value is -3.00. The van der Waals surface area contributed by atoms with E-state index >= 15 is 0 Å². The summed E-state index contributed by atoms with van der Waals surface area (Å²) in [6.07, 6.45) is 18.7. The van der Waals surface area contributed by atoms with Crippen LogP contribution in [0.25, 0.3) is 0 Å². The summed E-state index contributed by atoms with van der Waals surface area (Å²) in [5.74, 6) is 3.69. The summed E-state index contributed by atoms with van der Waals surface area (Å²) in [6, 6.07) is 18.9. The molecule has 0 nitrogen and oxygen atoms in total. The van der Waals surface area contributed by atoms with E-state index in [-0.39, 0.29) is 11.6 Å². The molecule has 1 saturated carbocycles. The minimum absolute atomic E-state index is 0.116. The van der Waals surface area contributed by atoms with Crippen molar-refractivity contribution in [3.05, 3.63) is 129 Å². The third-order valence-electron chi connectivity index (χ3n) is 9.98. The summed E-state index contributed by atoms with van der Waals surface area (Å²) < 4.78 is 25.2. The molecule has 0 bridgehead atoms. The molecule has 0 amide bonds. The molecule has 50 heavy (non-hydrogen) atoms. The van der Waals surface area contributed by atoms with Crippen LogP contribution in [0.5, 0.6) is 0 Å². The van der Waals surface area contributed by atoms with Gasteiger partial charge in [0, 0.05) is 0 Å². The number of hydrogen-bond donors (Lipinski definition) is 0. The zero-order valence-electron chi connectivity index (χ0n) is 34.1. The lowest BCUT2D eigenvalue weighted by molar-refractivity contribution is 0.308. The number of rotatable bonds is 0. The van der Waals surface area contributed by atoms with E-state index in [1.165, 1.54) is 87.5 Å². The molecule has 0 aromatic heterocycles. The predicted molar refractivity (Wildman–Crippen MR) is 218 cm³/mol. The van der Waals surface area contributed by atoms with Crippen molar-refractivity contribution in [2.75, 3.05) is 0 Å². The van der Waals surface area contributed by atoms with Gasteiger partial charge in [-0.2, -0.15) is 0 Å². The third-order valence-corrected chi connectivity index (χ3v) is 9.98. The van der Waals surface area contributed by atoms with Gasteiger partial charge in [-0.25, -0.2) is 8.78 Å². The second kappa shape index (κ2) is 25.0. The molecular weight excluding hydrogens is 615 g/mol. The summed E-state index contributed by atoms with van der Waals surface area (Å²) >= 11 is 0. The van der Waals surface area contributed by atoms with Crippen LogP contribution >= 0.6 is 0 Å². The quantitative estimate of drug-likeness (QED) is 0.207. The first kappa shape index (κ1) is 45.0. The lowest BCUT2D eigenvalue weighted by atomic mass is 9.84. The number of benzene rings is 3. The van der Waals surface area contributed by atoms with E-state index in [2.05, 4.69) is 91.8 Å². The van der Waals surface area contributed by atoms with Gasteiger partial charge in [0.05, 0.1) is 0 Å². The first-order valence-electron chi connectivity index (χ1n) is 19.4. The summed E-state index contributed by atoms with van der Waals surface area (Å²) in [5, 5.41) is 0. The lowest BCUT2D eigenvalue weighted by Gasteiger charge is -2.22. The monoisotopic (exact) mass is 687 g/mol. The van der Waals surface area contributed by atoms with Gasteiger partial charge in [-0.05, 0) is 152 Å². The van der Waals surface area contributed by atoms with E-state index in [4.69, 9.17) is 0 Å². The molecule has 1 fully saturated rings. The van der Waals surface area contributed by atoms with Crippen LogP contribution in [0.3, 0.4) is 0 Å². The molecular formula is C48H72F2. The van der Waals surface area contributed by atoms with Crippen LogP contribution in [0, 0.1) is 76.8 Å². The second-order valence-corrected chi connectivity index (χ2v) is 15.9. The molecule has 0 saturated heterocycles. The first-order chi connectivity index (χ1) is 23.5. The highest BCUT2D eigenvalue weighted by molar-refractivity contribution is 5.22. The van der Waals surface area contributed by atoms with Gasteiger partial charge in [0.15, 0.2) is 0 Å². The van der Waals surface area contributed by atoms with Gasteiger partial charge in [-0.1, -0.05) is 136 Å². The Morgan fingerprint density at radius 3 is 0.920 bits per heavy atom. The van der Waals surface area contributed by atoms with Gasteiger partial charge in [0.25, 0.3) is 0 Å². The molecule has 0 radical (unpaired) electrons. The smallest absolute Gasteiger partial charge is 0.126 e. The third kappa shape index (κ3) is 22.0. The fourth-order valence-electron chi connectivity index (χ4n) is 5.65. The van der Waals surface area contributed by atoms with Crippen molar-refractivity contribution >= 4 is 0 Å². The van der Waals surface area contributed by atoms with Crippen molar-refractivity contribution in [2.45, 2.75) is 147 Å². The molecule has 2 heteroatoms. The van der Waals surface area contributed by atoms with E-state index in [1.807, 2.05) is 26.0 Å². The number of aryl methyl sites for hydroxylation is 6. The van der Waals surface area contributed by atoms with Crippen LogP contribution in [0.15, 0.2) is 84.0 Å². The molecule has 2 atom stereocenters. The Kier molecular flexibility index (Phi) is 22.5. The minimum atomic E-state index is -0.116. The Bertz CT molecular complexity index is 1290. The average Bonchev–Trinajstić information content (AvgIpc) is 3.08. The molecule has 6 rings (SSSR count). The van der Waals surface area contributed by atoms with Crippen molar-refractivity contribution in [3.8, 4) is 0 Å². The second-order valence-electron chi connectivity index (χ2n) is 15.9. The Labute approximate surface area is 307 Å². The maximum absolute atomic E-state index is 12.6.